The summed E-state index contributed by atoms with van der Waals surface area (Å²) >= 11 is 0. The van der Waals surface area contributed by atoms with Gasteiger partial charge in [-0.3, -0.25) is 4.21 Å². The zero-order valence-electron chi connectivity index (χ0n) is 14.7. The SMILES string of the molecule is CC1(C)OC[C@H]([C@@H](CS(=O)c2ccccc2)NCc2ccccc2)O1. The normalized spacial score (nSPS) is 21.8. The van der Waals surface area contributed by atoms with Gasteiger partial charge in [0.05, 0.1) is 17.4 Å². The van der Waals surface area contributed by atoms with Crippen LogP contribution in [0.4, 0.5) is 0 Å². The maximum atomic E-state index is 12.8. The lowest BCUT2D eigenvalue weighted by atomic mass is 10.1. The third-order valence-corrected chi connectivity index (χ3v) is 5.69. The minimum Gasteiger partial charge on any atom is -0.348 e. The molecule has 0 aromatic heterocycles. The molecule has 5 heteroatoms. The van der Waals surface area contributed by atoms with Gasteiger partial charge in [0.1, 0.15) is 6.10 Å². The number of hydrogen-bond acceptors (Lipinski definition) is 4. The molecule has 3 atom stereocenters. The van der Waals surface area contributed by atoms with Gasteiger partial charge >= 0.3 is 0 Å². The Labute approximate surface area is 152 Å². The van der Waals surface area contributed by atoms with Gasteiger partial charge in [0.2, 0.25) is 0 Å². The van der Waals surface area contributed by atoms with Gasteiger partial charge < -0.3 is 14.8 Å². The van der Waals surface area contributed by atoms with Crippen LogP contribution in [0.3, 0.4) is 0 Å². The molecule has 0 amide bonds. The first kappa shape index (κ1) is 18.3. The Balaban J connectivity index is 1.69. The van der Waals surface area contributed by atoms with E-state index in [1.165, 1.54) is 5.56 Å². The number of rotatable bonds is 7. The molecule has 1 aliphatic heterocycles. The van der Waals surface area contributed by atoms with Crippen LogP contribution in [0.15, 0.2) is 65.6 Å². The molecule has 1 unspecified atom stereocenters. The Bertz CT molecular complexity index is 691. The van der Waals surface area contributed by atoms with Crippen LogP contribution in [-0.2, 0) is 26.8 Å². The first-order valence-corrected chi connectivity index (χ1v) is 9.88. The monoisotopic (exact) mass is 359 g/mol. The second kappa shape index (κ2) is 8.23. The van der Waals surface area contributed by atoms with Gasteiger partial charge in [-0.05, 0) is 31.5 Å². The second-order valence-electron chi connectivity index (χ2n) is 6.67. The van der Waals surface area contributed by atoms with Crippen molar-refractivity contribution in [2.75, 3.05) is 12.4 Å². The van der Waals surface area contributed by atoms with Gasteiger partial charge in [0.15, 0.2) is 5.79 Å². The van der Waals surface area contributed by atoms with Crippen LogP contribution in [0.25, 0.3) is 0 Å². The van der Waals surface area contributed by atoms with Gasteiger partial charge in [-0.25, -0.2) is 0 Å². The molecular weight excluding hydrogens is 334 g/mol. The smallest absolute Gasteiger partial charge is 0.163 e. The highest BCUT2D eigenvalue weighted by Gasteiger charge is 2.37. The lowest BCUT2D eigenvalue weighted by Gasteiger charge is -2.25. The van der Waals surface area contributed by atoms with Crippen molar-refractivity contribution in [1.82, 2.24) is 5.32 Å². The molecular formula is C20H25NO3S. The largest absolute Gasteiger partial charge is 0.348 e. The first-order valence-electron chi connectivity index (χ1n) is 8.56. The summed E-state index contributed by atoms with van der Waals surface area (Å²) < 4.78 is 24.5. The van der Waals surface area contributed by atoms with E-state index in [1.54, 1.807) is 0 Å². The minimum atomic E-state index is -1.09. The first-order chi connectivity index (χ1) is 12.0. The average Bonchev–Trinajstić information content (AvgIpc) is 3.00. The quantitative estimate of drug-likeness (QED) is 0.825. The average molecular weight is 359 g/mol. The lowest BCUT2D eigenvalue weighted by Crippen LogP contribution is -2.45. The predicted molar refractivity (Wildman–Crippen MR) is 99.7 cm³/mol. The highest BCUT2D eigenvalue weighted by Crippen LogP contribution is 2.25. The summed E-state index contributed by atoms with van der Waals surface area (Å²) in [6.07, 6.45) is -0.119. The van der Waals surface area contributed by atoms with Crippen LogP contribution < -0.4 is 5.32 Å². The molecule has 134 valence electrons. The lowest BCUT2D eigenvalue weighted by molar-refractivity contribution is -0.141. The topological polar surface area (TPSA) is 47.6 Å². The Kier molecular flexibility index (Phi) is 6.02. The number of benzene rings is 2. The molecule has 0 bridgehead atoms. The summed E-state index contributed by atoms with van der Waals surface area (Å²) in [6, 6.07) is 19.7. The maximum absolute atomic E-state index is 12.8. The molecule has 3 rings (SSSR count). The van der Waals surface area contributed by atoms with E-state index < -0.39 is 16.6 Å². The molecule has 2 aromatic rings. The van der Waals surface area contributed by atoms with Crippen LogP contribution in [0.1, 0.15) is 19.4 Å². The van der Waals surface area contributed by atoms with E-state index in [1.807, 2.05) is 62.4 Å². The summed E-state index contributed by atoms with van der Waals surface area (Å²) in [5.41, 5.74) is 1.19. The molecule has 1 aliphatic rings. The Morgan fingerprint density at radius 3 is 2.36 bits per heavy atom. The molecule has 4 nitrogen and oxygen atoms in total. The van der Waals surface area contributed by atoms with Gasteiger partial charge in [0, 0.05) is 23.2 Å². The van der Waals surface area contributed by atoms with E-state index in [-0.39, 0.29) is 12.1 Å². The summed E-state index contributed by atoms with van der Waals surface area (Å²) in [5, 5.41) is 3.52. The van der Waals surface area contributed by atoms with E-state index in [0.29, 0.717) is 18.9 Å². The molecule has 0 radical (unpaired) electrons. The van der Waals surface area contributed by atoms with E-state index in [4.69, 9.17) is 9.47 Å². The Hall–Kier alpha value is -1.53. The molecule has 0 aliphatic carbocycles. The molecule has 1 saturated heterocycles. The van der Waals surface area contributed by atoms with Crippen molar-refractivity contribution >= 4 is 10.8 Å². The molecule has 25 heavy (non-hydrogen) atoms. The third-order valence-electron chi connectivity index (χ3n) is 4.23. The highest BCUT2D eigenvalue weighted by molar-refractivity contribution is 7.85. The van der Waals surface area contributed by atoms with Crippen molar-refractivity contribution in [3.63, 3.8) is 0 Å². The fraction of sp³-hybridized carbons (Fsp3) is 0.400. The highest BCUT2D eigenvalue weighted by atomic mass is 32.2. The standard InChI is InChI=1S/C20H25NO3S/c1-20(2)23-14-19(24-20)18(21-13-16-9-5-3-6-10-16)15-25(22)17-11-7-4-8-12-17/h3-12,18-19,21H,13-15H2,1-2H3/t18-,19-,25?/m1/s1. The zero-order valence-corrected chi connectivity index (χ0v) is 15.5. The van der Waals surface area contributed by atoms with Crippen molar-refractivity contribution in [2.45, 2.75) is 43.2 Å². The van der Waals surface area contributed by atoms with Crippen molar-refractivity contribution in [2.24, 2.45) is 0 Å². The van der Waals surface area contributed by atoms with Crippen LogP contribution in [0, 0.1) is 0 Å². The Morgan fingerprint density at radius 1 is 1.12 bits per heavy atom. The molecule has 2 aromatic carbocycles. The summed E-state index contributed by atoms with van der Waals surface area (Å²) in [5.74, 6) is -0.105. The number of nitrogens with one attached hydrogen (secondary N) is 1. The van der Waals surface area contributed by atoms with Gasteiger partial charge in [-0.2, -0.15) is 0 Å². The molecule has 0 spiro atoms. The fourth-order valence-corrected chi connectivity index (χ4v) is 4.20. The van der Waals surface area contributed by atoms with Crippen LogP contribution >= 0.6 is 0 Å². The predicted octanol–water partition coefficient (Wildman–Crippen LogP) is 3.10. The maximum Gasteiger partial charge on any atom is 0.163 e. The second-order valence-corrected chi connectivity index (χ2v) is 8.16. The van der Waals surface area contributed by atoms with Crippen LogP contribution in [-0.4, -0.2) is 34.5 Å². The van der Waals surface area contributed by atoms with Gasteiger partial charge in [0.25, 0.3) is 0 Å². The van der Waals surface area contributed by atoms with Gasteiger partial charge in [-0.15, -0.1) is 0 Å². The summed E-state index contributed by atoms with van der Waals surface area (Å²) in [6.45, 7) is 5.04. The molecule has 0 saturated carbocycles. The van der Waals surface area contributed by atoms with Crippen molar-refractivity contribution in [1.29, 1.82) is 0 Å². The fourth-order valence-electron chi connectivity index (χ4n) is 2.89. The van der Waals surface area contributed by atoms with Crippen LogP contribution in [0.5, 0.6) is 0 Å². The van der Waals surface area contributed by atoms with Crippen molar-refractivity contribution < 1.29 is 13.7 Å². The Morgan fingerprint density at radius 2 is 1.76 bits per heavy atom. The zero-order chi connectivity index (χ0) is 17.7. The van der Waals surface area contributed by atoms with Crippen molar-refractivity contribution in [3.05, 3.63) is 66.2 Å². The van der Waals surface area contributed by atoms with Gasteiger partial charge in [-0.1, -0.05) is 48.5 Å². The van der Waals surface area contributed by atoms with Crippen molar-refractivity contribution in [3.8, 4) is 0 Å². The van der Waals surface area contributed by atoms with E-state index in [9.17, 15) is 4.21 Å². The van der Waals surface area contributed by atoms with E-state index in [0.717, 1.165) is 4.90 Å². The molecule has 1 heterocycles. The van der Waals surface area contributed by atoms with Crippen LogP contribution in [0.2, 0.25) is 0 Å². The number of hydrogen-bond donors (Lipinski definition) is 1. The van der Waals surface area contributed by atoms with E-state index >= 15 is 0 Å². The molecule has 1 N–H and O–H groups in total. The summed E-state index contributed by atoms with van der Waals surface area (Å²) in [7, 11) is -1.09. The number of ether oxygens (including phenoxy) is 2. The minimum absolute atomic E-state index is 0.0528. The third kappa shape index (κ3) is 5.22. The summed E-state index contributed by atoms with van der Waals surface area (Å²) in [4.78, 5) is 0.840. The van der Waals surface area contributed by atoms with E-state index in [2.05, 4.69) is 17.4 Å². The molecule has 1 fully saturated rings.